The van der Waals surface area contributed by atoms with Gasteiger partial charge in [0, 0.05) is 32.7 Å². The predicted octanol–water partition coefficient (Wildman–Crippen LogP) is 9.63. The normalized spacial score (nSPS) is 11.7. The highest BCUT2D eigenvalue weighted by Gasteiger charge is 2.14. The minimum absolute atomic E-state index is 0.0213. The van der Waals surface area contributed by atoms with Crippen LogP contribution in [0.2, 0.25) is 0 Å². The molecule has 0 aliphatic heterocycles. The first-order valence-corrected chi connectivity index (χ1v) is 17.8. The van der Waals surface area contributed by atoms with Gasteiger partial charge < -0.3 is 19.5 Å². The maximum atomic E-state index is 12.6. The van der Waals surface area contributed by atoms with Crippen molar-refractivity contribution in [2.45, 2.75) is 181 Å². The minimum atomic E-state index is 0.0213. The molecule has 40 heavy (non-hydrogen) atoms. The summed E-state index contributed by atoms with van der Waals surface area (Å²) in [4.78, 5) is 14.9. The van der Waals surface area contributed by atoms with Gasteiger partial charge in [0.2, 0.25) is 0 Å². The molecule has 0 unspecified atom stereocenters. The van der Waals surface area contributed by atoms with E-state index in [1.807, 2.05) is 0 Å². The number of ether oxygens (including phenoxy) is 2. The number of nitrogens with zero attached hydrogens (tertiary/aromatic N) is 1. The second-order valence-electron chi connectivity index (χ2n) is 12.0. The fourth-order valence-corrected chi connectivity index (χ4v) is 5.37. The van der Waals surface area contributed by atoms with E-state index in [0.717, 1.165) is 77.8 Å². The first kappa shape index (κ1) is 39.4. The van der Waals surface area contributed by atoms with E-state index in [1.165, 1.54) is 103 Å². The Balaban J connectivity index is 4.03. The van der Waals surface area contributed by atoms with Crippen molar-refractivity contribution in [1.82, 2.24) is 4.90 Å². The van der Waals surface area contributed by atoms with Gasteiger partial charge in [-0.05, 0) is 57.9 Å². The lowest BCUT2D eigenvalue weighted by molar-refractivity contribution is -0.150. The van der Waals surface area contributed by atoms with Gasteiger partial charge in [0.25, 0.3) is 0 Å². The number of hydrogen-bond acceptors (Lipinski definition) is 5. The summed E-state index contributed by atoms with van der Waals surface area (Å²) < 4.78 is 11.7. The average Bonchev–Trinajstić information content (AvgIpc) is 2.95. The summed E-state index contributed by atoms with van der Waals surface area (Å²) in [6, 6.07) is 0. The highest BCUT2D eigenvalue weighted by atomic mass is 16.5. The van der Waals surface area contributed by atoms with Crippen LogP contribution >= 0.6 is 0 Å². The van der Waals surface area contributed by atoms with Crippen LogP contribution < -0.4 is 0 Å². The summed E-state index contributed by atoms with van der Waals surface area (Å²) in [7, 11) is 0. The number of hydrogen-bond donors (Lipinski definition) is 1. The highest BCUT2D eigenvalue weighted by molar-refractivity contribution is 5.69. The van der Waals surface area contributed by atoms with Crippen molar-refractivity contribution in [2.75, 3.05) is 39.5 Å². The molecule has 0 saturated heterocycles. The molecule has 0 aliphatic rings. The first-order chi connectivity index (χ1) is 19.7. The van der Waals surface area contributed by atoms with Gasteiger partial charge >= 0.3 is 5.97 Å². The maximum absolute atomic E-state index is 12.6. The van der Waals surface area contributed by atoms with E-state index < -0.39 is 0 Å². The first-order valence-electron chi connectivity index (χ1n) is 17.8. The van der Waals surface area contributed by atoms with Crippen LogP contribution in [0.5, 0.6) is 0 Å². The number of carbonyl (C=O) groups is 1. The molecule has 0 heterocycles. The van der Waals surface area contributed by atoms with E-state index in [-0.39, 0.29) is 18.7 Å². The molecule has 0 aromatic rings. The monoisotopic (exact) mass is 570 g/mol. The van der Waals surface area contributed by atoms with E-state index in [4.69, 9.17) is 9.47 Å². The topological polar surface area (TPSA) is 59.0 Å². The summed E-state index contributed by atoms with van der Waals surface area (Å²) in [6.45, 7) is 11.4. The van der Waals surface area contributed by atoms with Crippen LogP contribution in [0.15, 0.2) is 0 Å². The summed E-state index contributed by atoms with van der Waals surface area (Å²) in [6.07, 6.45) is 28.5. The third-order valence-corrected chi connectivity index (χ3v) is 7.98. The summed E-state index contributed by atoms with van der Waals surface area (Å²) in [5.74, 6) is 0.0213. The van der Waals surface area contributed by atoms with Crippen LogP contribution in [0.3, 0.4) is 0 Å². The largest absolute Gasteiger partial charge is 0.462 e. The number of aliphatic hydroxyl groups excluding tert-OH is 1. The number of aliphatic hydroxyl groups is 1. The van der Waals surface area contributed by atoms with Crippen LogP contribution in [0.1, 0.15) is 175 Å². The zero-order valence-corrected chi connectivity index (χ0v) is 27.4. The Morgan fingerprint density at radius 1 is 0.575 bits per heavy atom. The Kier molecular flexibility index (Phi) is 32.3. The maximum Gasteiger partial charge on any atom is 0.306 e. The molecule has 5 heteroatoms. The van der Waals surface area contributed by atoms with Crippen LogP contribution in [0.25, 0.3) is 0 Å². The molecule has 5 nitrogen and oxygen atoms in total. The molecule has 0 bridgehead atoms. The summed E-state index contributed by atoms with van der Waals surface area (Å²) in [5.41, 5.74) is 0. The van der Waals surface area contributed by atoms with Crippen molar-refractivity contribution >= 4 is 5.97 Å². The molecule has 0 spiro atoms. The number of carbonyl (C=O) groups excluding carboxylic acids is 1. The summed E-state index contributed by atoms with van der Waals surface area (Å²) >= 11 is 0. The molecule has 0 aliphatic carbocycles. The van der Waals surface area contributed by atoms with Crippen molar-refractivity contribution < 1.29 is 19.4 Å². The third kappa shape index (κ3) is 28.9. The Hall–Kier alpha value is -0.650. The molecule has 0 rings (SSSR count). The van der Waals surface area contributed by atoms with Crippen LogP contribution in [-0.2, 0) is 14.3 Å². The van der Waals surface area contributed by atoms with E-state index in [0.29, 0.717) is 6.42 Å². The lowest BCUT2D eigenvalue weighted by Crippen LogP contribution is -2.29. The zero-order chi connectivity index (χ0) is 29.4. The van der Waals surface area contributed by atoms with Crippen molar-refractivity contribution in [1.29, 1.82) is 0 Å². The van der Waals surface area contributed by atoms with Gasteiger partial charge in [-0.1, -0.05) is 117 Å². The SMILES string of the molecule is CCCCCCCCC(CCCCCCCC)OC(=O)CCCCCCCN(CCO)CCCOCCCCC. The molecule has 0 aromatic carbocycles. The van der Waals surface area contributed by atoms with Gasteiger partial charge in [0.15, 0.2) is 0 Å². The number of unbranched alkanes of at least 4 members (excludes halogenated alkanes) is 16. The second kappa shape index (κ2) is 32.9. The standard InChI is InChI=1S/C35H71NO4/c1-4-7-10-12-15-19-25-34(26-20-16-13-11-8-5-2)40-35(38)27-21-17-14-18-22-28-36(30-31-37)29-24-33-39-32-23-9-6-3/h34,37H,4-33H2,1-3H3. The third-order valence-electron chi connectivity index (χ3n) is 7.98. The molecular formula is C35H71NO4. The molecular weight excluding hydrogens is 498 g/mol. The van der Waals surface area contributed by atoms with E-state index in [2.05, 4.69) is 25.7 Å². The van der Waals surface area contributed by atoms with Crippen molar-refractivity contribution in [3.63, 3.8) is 0 Å². The van der Waals surface area contributed by atoms with Gasteiger partial charge in [-0.25, -0.2) is 0 Å². The van der Waals surface area contributed by atoms with Crippen molar-refractivity contribution in [2.24, 2.45) is 0 Å². The molecule has 0 aromatic heterocycles. The quantitative estimate of drug-likeness (QED) is 0.0630. The van der Waals surface area contributed by atoms with Crippen LogP contribution in [0, 0.1) is 0 Å². The fourth-order valence-electron chi connectivity index (χ4n) is 5.37. The second-order valence-corrected chi connectivity index (χ2v) is 12.0. The highest BCUT2D eigenvalue weighted by Crippen LogP contribution is 2.18. The lowest BCUT2D eigenvalue weighted by atomic mass is 10.0. The Labute approximate surface area is 250 Å². The van der Waals surface area contributed by atoms with Gasteiger partial charge in [-0.3, -0.25) is 4.79 Å². The van der Waals surface area contributed by atoms with Crippen molar-refractivity contribution in [3.8, 4) is 0 Å². The van der Waals surface area contributed by atoms with Crippen LogP contribution in [0.4, 0.5) is 0 Å². The Bertz CT molecular complexity index is 486. The van der Waals surface area contributed by atoms with Gasteiger partial charge in [-0.15, -0.1) is 0 Å². The summed E-state index contributed by atoms with van der Waals surface area (Å²) in [5, 5.41) is 9.39. The zero-order valence-electron chi connectivity index (χ0n) is 27.4. The van der Waals surface area contributed by atoms with Crippen molar-refractivity contribution in [3.05, 3.63) is 0 Å². The van der Waals surface area contributed by atoms with E-state index in [1.54, 1.807) is 0 Å². The Morgan fingerprint density at radius 3 is 1.65 bits per heavy atom. The minimum Gasteiger partial charge on any atom is -0.462 e. The number of rotatable bonds is 33. The van der Waals surface area contributed by atoms with Gasteiger partial charge in [-0.2, -0.15) is 0 Å². The predicted molar refractivity (Wildman–Crippen MR) is 172 cm³/mol. The molecule has 1 N–H and O–H groups in total. The smallest absolute Gasteiger partial charge is 0.306 e. The molecule has 0 amide bonds. The van der Waals surface area contributed by atoms with E-state index in [9.17, 15) is 9.90 Å². The average molecular weight is 570 g/mol. The van der Waals surface area contributed by atoms with Crippen LogP contribution in [-0.4, -0.2) is 61.5 Å². The molecule has 0 radical (unpaired) electrons. The molecule has 0 fully saturated rings. The van der Waals surface area contributed by atoms with Gasteiger partial charge in [0.1, 0.15) is 6.10 Å². The lowest BCUT2D eigenvalue weighted by Gasteiger charge is -2.21. The number of esters is 1. The Morgan fingerprint density at radius 2 is 1.05 bits per heavy atom. The van der Waals surface area contributed by atoms with E-state index >= 15 is 0 Å². The van der Waals surface area contributed by atoms with Gasteiger partial charge in [0.05, 0.1) is 6.61 Å². The molecule has 0 saturated carbocycles. The molecule has 240 valence electrons. The molecule has 0 atom stereocenters. The fraction of sp³-hybridized carbons (Fsp3) is 0.971.